The van der Waals surface area contributed by atoms with E-state index in [1.54, 1.807) is 19.1 Å². The standard InChI is InChI=1S/C16H14BrCl2NO4S/c1-2-24-16(21)10-20(15-8-3-11(17)9-14(15)19)25(22,23)13-6-4-12(18)5-7-13/h3-9H,2,10H2,1H3. The maximum atomic E-state index is 13.0. The van der Waals surface area contributed by atoms with Gasteiger partial charge in [-0.15, -0.1) is 0 Å². The van der Waals surface area contributed by atoms with E-state index in [9.17, 15) is 13.2 Å². The summed E-state index contributed by atoms with van der Waals surface area (Å²) in [5.74, 6) is -0.681. The molecule has 2 rings (SSSR count). The molecule has 0 saturated carbocycles. The monoisotopic (exact) mass is 465 g/mol. The first kappa shape index (κ1) is 20.0. The highest BCUT2D eigenvalue weighted by Crippen LogP contribution is 2.33. The second-order valence-electron chi connectivity index (χ2n) is 4.87. The van der Waals surface area contributed by atoms with E-state index < -0.39 is 22.5 Å². The summed E-state index contributed by atoms with van der Waals surface area (Å²) in [6.07, 6.45) is 0. The molecule has 134 valence electrons. The molecule has 25 heavy (non-hydrogen) atoms. The molecule has 0 N–H and O–H groups in total. The summed E-state index contributed by atoms with van der Waals surface area (Å²) in [6.45, 7) is 1.28. The van der Waals surface area contributed by atoms with Gasteiger partial charge in [-0.3, -0.25) is 9.10 Å². The lowest BCUT2D eigenvalue weighted by molar-refractivity contribution is -0.141. The van der Waals surface area contributed by atoms with Crippen LogP contribution in [0.15, 0.2) is 51.8 Å². The highest BCUT2D eigenvalue weighted by molar-refractivity contribution is 9.10. The average Bonchev–Trinajstić information content (AvgIpc) is 2.54. The average molecular weight is 467 g/mol. The van der Waals surface area contributed by atoms with Gasteiger partial charge in [0.25, 0.3) is 10.0 Å². The maximum absolute atomic E-state index is 13.0. The van der Waals surface area contributed by atoms with Crippen LogP contribution in [0, 0.1) is 0 Å². The number of halogens is 3. The molecule has 0 radical (unpaired) electrons. The Morgan fingerprint density at radius 3 is 2.36 bits per heavy atom. The summed E-state index contributed by atoms with van der Waals surface area (Å²) in [4.78, 5) is 11.9. The molecule has 0 unspecified atom stereocenters. The molecule has 9 heteroatoms. The van der Waals surface area contributed by atoms with Gasteiger partial charge in [0, 0.05) is 9.50 Å². The molecule has 5 nitrogen and oxygen atoms in total. The summed E-state index contributed by atoms with van der Waals surface area (Å²) in [7, 11) is -4.05. The molecule has 0 atom stereocenters. The van der Waals surface area contributed by atoms with E-state index in [1.807, 2.05) is 0 Å². The predicted molar refractivity (Wildman–Crippen MR) is 102 cm³/mol. The third-order valence-electron chi connectivity index (χ3n) is 3.16. The Labute approximate surface area is 164 Å². The number of carbonyl (C=O) groups is 1. The molecule has 0 amide bonds. The largest absolute Gasteiger partial charge is 0.465 e. The highest BCUT2D eigenvalue weighted by atomic mass is 79.9. The molecule has 2 aromatic rings. The Morgan fingerprint density at radius 1 is 1.16 bits per heavy atom. The van der Waals surface area contributed by atoms with Gasteiger partial charge >= 0.3 is 5.97 Å². The fourth-order valence-electron chi connectivity index (χ4n) is 2.04. The van der Waals surface area contributed by atoms with E-state index in [4.69, 9.17) is 27.9 Å². The summed E-state index contributed by atoms with van der Waals surface area (Å²) in [5.41, 5.74) is 0.174. The Bertz CT molecular complexity index is 872. The van der Waals surface area contributed by atoms with Gasteiger partial charge in [0.05, 0.1) is 22.2 Å². The Balaban J connectivity index is 2.53. The van der Waals surface area contributed by atoms with Crippen molar-refractivity contribution in [2.75, 3.05) is 17.5 Å². The van der Waals surface area contributed by atoms with E-state index in [0.717, 1.165) is 4.31 Å². The number of rotatable bonds is 6. The molecule has 0 aliphatic carbocycles. The van der Waals surface area contributed by atoms with Gasteiger partial charge in [-0.25, -0.2) is 8.42 Å². The number of anilines is 1. The van der Waals surface area contributed by atoms with E-state index in [1.165, 1.54) is 30.3 Å². The normalized spacial score (nSPS) is 11.2. The number of hydrogen-bond acceptors (Lipinski definition) is 4. The quantitative estimate of drug-likeness (QED) is 0.587. The van der Waals surface area contributed by atoms with Crippen molar-refractivity contribution in [2.45, 2.75) is 11.8 Å². The zero-order valence-corrected chi connectivity index (χ0v) is 17.0. The minimum Gasteiger partial charge on any atom is -0.465 e. The minimum absolute atomic E-state index is 0.0137. The van der Waals surface area contributed by atoms with Crippen molar-refractivity contribution in [1.82, 2.24) is 0 Å². The second-order valence-corrected chi connectivity index (χ2v) is 8.49. The van der Waals surface area contributed by atoms with Crippen molar-refractivity contribution >= 4 is 60.8 Å². The van der Waals surface area contributed by atoms with E-state index in [2.05, 4.69) is 15.9 Å². The topological polar surface area (TPSA) is 63.7 Å². The summed E-state index contributed by atoms with van der Waals surface area (Å²) >= 11 is 15.3. The summed E-state index contributed by atoms with van der Waals surface area (Å²) < 4.78 is 32.5. The first-order valence-electron chi connectivity index (χ1n) is 7.14. The highest BCUT2D eigenvalue weighted by Gasteiger charge is 2.29. The number of nitrogens with zero attached hydrogens (tertiary/aromatic N) is 1. The fraction of sp³-hybridized carbons (Fsp3) is 0.188. The van der Waals surface area contributed by atoms with Crippen LogP contribution in [0.25, 0.3) is 0 Å². The number of benzene rings is 2. The smallest absolute Gasteiger partial charge is 0.326 e. The van der Waals surface area contributed by atoms with Crippen LogP contribution < -0.4 is 4.31 Å². The number of ether oxygens (including phenoxy) is 1. The fourth-order valence-corrected chi connectivity index (χ4v) is 4.42. The third kappa shape index (κ3) is 4.88. The van der Waals surface area contributed by atoms with Crippen LogP contribution in [0.2, 0.25) is 10.0 Å². The maximum Gasteiger partial charge on any atom is 0.326 e. The van der Waals surface area contributed by atoms with Crippen molar-refractivity contribution in [3.63, 3.8) is 0 Å². The van der Waals surface area contributed by atoms with E-state index >= 15 is 0 Å². The second kappa shape index (κ2) is 8.40. The first-order chi connectivity index (χ1) is 11.8. The molecule has 0 heterocycles. The molecule has 0 spiro atoms. The Morgan fingerprint density at radius 2 is 1.80 bits per heavy atom. The van der Waals surface area contributed by atoms with Crippen LogP contribution >= 0.6 is 39.1 Å². The van der Waals surface area contributed by atoms with E-state index in [-0.39, 0.29) is 22.2 Å². The SMILES string of the molecule is CCOC(=O)CN(c1ccc(Br)cc1Cl)S(=O)(=O)c1ccc(Cl)cc1. The van der Waals surface area contributed by atoms with Gasteiger partial charge in [0.2, 0.25) is 0 Å². The Kier molecular flexibility index (Phi) is 6.73. The van der Waals surface area contributed by atoms with Crippen LogP contribution in [0.5, 0.6) is 0 Å². The van der Waals surface area contributed by atoms with Gasteiger partial charge in [-0.2, -0.15) is 0 Å². The molecule has 0 fully saturated rings. The van der Waals surface area contributed by atoms with Crippen molar-refractivity contribution in [1.29, 1.82) is 0 Å². The third-order valence-corrected chi connectivity index (χ3v) is 5.98. The van der Waals surface area contributed by atoms with Crippen LogP contribution in [-0.2, 0) is 19.6 Å². The minimum atomic E-state index is -4.05. The molecule has 0 bridgehead atoms. The molecular formula is C16H14BrCl2NO4S. The molecular weight excluding hydrogens is 453 g/mol. The number of sulfonamides is 1. The molecule has 0 aliphatic rings. The molecule has 0 aliphatic heterocycles. The lowest BCUT2D eigenvalue weighted by Crippen LogP contribution is -2.36. The van der Waals surface area contributed by atoms with Crippen molar-refractivity contribution < 1.29 is 17.9 Å². The molecule has 2 aromatic carbocycles. The number of carbonyl (C=O) groups excluding carboxylic acids is 1. The van der Waals surface area contributed by atoms with Crippen LogP contribution in [0.4, 0.5) is 5.69 Å². The first-order valence-corrected chi connectivity index (χ1v) is 10.1. The van der Waals surface area contributed by atoms with Gasteiger partial charge in [-0.1, -0.05) is 39.1 Å². The summed E-state index contributed by atoms with van der Waals surface area (Å²) in [6, 6.07) is 10.3. The number of esters is 1. The van der Waals surface area contributed by atoms with Gasteiger partial charge in [0.1, 0.15) is 6.54 Å². The van der Waals surface area contributed by atoms with Gasteiger partial charge in [-0.05, 0) is 49.4 Å². The molecule has 0 aromatic heterocycles. The van der Waals surface area contributed by atoms with Crippen LogP contribution in [0.1, 0.15) is 6.92 Å². The zero-order valence-electron chi connectivity index (χ0n) is 13.1. The molecule has 0 saturated heterocycles. The lowest BCUT2D eigenvalue weighted by atomic mass is 10.3. The van der Waals surface area contributed by atoms with Crippen molar-refractivity contribution in [2.24, 2.45) is 0 Å². The van der Waals surface area contributed by atoms with Crippen molar-refractivity contribution in [3.05, 3.63) is 57.0 Å². The Hall–Kier alpha value is -1.28. The van der Waals surface area contributed by atoms with E-state index in [0.29, 0.717) is 9.50 Å². The van der Waals surface area contributed by atoms with Crippen LogP contribution in [0.3, 0.4) is 0 Å². The van der Waals surface area contributed by atoms with Crippen molar-refractivity contribution in [3.8, 4) is 0 Å². The zero-order chi connectivity index (χ0) is 18.6. The van der Waals surface area contributed by atoms with Crippen LogP contribution in [-0.4, -0.2) is 27.5 Å². The van der Waals surface area contributed by atoms with Gasteiger partial charge < -0.3 is 4.74 Å². The predicted octanol–water partition coefficient (Wildman–Crippen LogP) is 4.51. The van der Waals surface area contributed by atoms with Gasteiger partial charge in [0.15, 0.2) is 0 Å². The lowest BCUT2D eigenvalue weighted by Gasteiger charge is -2.24. The summed E-state index contributed by atoms with van der Waals surface area (Å²) in [5, 5.41) is 0.578. The number of hydrogen-bond donors (Lipinski definition) is 0.